The van der Waals surface area contributed by atoms with Crippen LogP contribution in [0.2, 0.25) is 0 Å². The summed E-state index contributed by atoms with van der Waals surface area (Å²) in [5.74, 6) is 1.14. The Labute approximate surface area is 142 Å². The lowest BCUT2D eigenvalue weighted by Crippen LogP contribution is -2.28. The summed E-state index contributed by atoms with van der Waals surface area (Å²) in [6, 6.07) is 9.22. The minimum Gasteiger partial charge on any atom is -0.459 e. The number of carbonyl (C=O) groups excluding carboxylic acids is 1. The number of nitro benzene ring substituents is 1. The summed E-state index contributed by atoms with van der Waals surface area (Å²) in [5.41, 5.74) is 1.05. The van der Waals surface area contributed by atoms with Gasteiger partial charge in [-0.3, -0.25) is 14.9 Å². The first kappa shape index (κ1) is 16.4. The summed E-state index contributed by atoms with van der Waals surface area (Å²) in [6.45, 7) is 1.73. The van der Waals surface area contributed by atoms with Gasteiger partial charge in [-0.1, -0.05) is 0 Å². The maximum absolute atomic E-state index is 12.5. The number of anilines is 1. The zero-order chi connectivity index (χ0) is 18.0. The number of likely N-dealkylation sites (N-methyl/N-ethyl adjacent to an activating group) is 1. The van der Waals surface area contributed by atoms with E-state index in [4.69, 9.17) is 8.83 Å². The lowest BCUT2D eigenvalue weighted by molar-refractivity contribution is -0.384. The fourth-order valence-corrected chi connectivity index (χ4v) is 2.30. The third kappa shape index (κ3) is 3.42. The maximum Gasteiger partial charge on any atom is 0.269 e. The van der Waals surface area contributed by atoms with Crippen molar-refractivity contribution in [1.82, 2.24) is 4.98 Å². The standard InChI is InChI=1S/C17H15N3O5/c1-11-14(18-17(25-11)15-4-3-9-24-15)10-16(21)19(2)12-5-7-13(8-6-12)20(22)23/h3-9H,10H2,1-2H3. The number of oxazole rings is 1. The third-order valence-electron chi connectivity index (χ3n) is 3.77. The van der Waals surface area contributed by atoms with Gasteiger partial charge < -0.3 is 13.7 Å². The molecule has 0 aliphatic rings. The first-order valence-electron chi connectivity index (χ1n) is 7.47. The Morgan fingerprint density at radius 2 is 2.00 bits per heavy atom. The van der Waals surface area contributed by atoms with E-state index in [-0.39, 0.29) is 18.0 Å². The summed E-state index contributed by atoms with van der Waals surface area (Å²) in [5, 5.41) is 10.7. The van der Waals surface area contributed by atoms with Gasteiger partial charge in [0.2, 0.25) is 5.91 Å². The Morgan fingerprint density at radius 3 is 2.60 bits per heavy atom. The molecule has 0 aliphatic heterocycles. The van der Waals surface area contributed by atoms with Crippen LogP contribution in [-0.2, 0) is 11.2 Å². The van der Waals surface area contributed by atoms with Crippen LogP contribution < -0.4 is 4.90 Å². The van der Waals surface area contributed by atoms with E-state index in [2.05, 4.69) is 4.98 Å². The maximum atomic E-state index is 12.5. The van der Waals surface area contributed by atoms with E-state index in [0.29, 0.717) is 28.8 Å². The van der Waals surface area contributed by atoms with Crippen LogP contribution in [-0.4, -0.2) is 22.9 Å². The van der Waals surface area contributed by atoms with Gasteiger partial charge in [0.1, 0.15) is 5.76 Å². The molecule has 0 saturated heterocycles. The number of amides is 1. The van der Waals surface area contributed by atoms with E-state index in [1.54, 1.807) is 26.1 Å². The Kier molecular flexibility index (Phi) is 4.34. The van der Waals surface area contributed by atoms with Gasteiger partial charge in [0.25, 0.3) is 11.6 Å². The largest absolute Gasteiger partial charge is 0.459 e. The summed E-state index contributed by atoms with van der Waals surface area (Å²) >= 11 is 0. The number of nitro groups is 1. The van der Waals surface area contributed by atoms with Crippen molar-refractivity contribution in [1.29, 1.82) is 0 Å². The van der Waals surface area contributed by atoms with Gasteiger partial charge in [-0.05, 0) is 31.2 Å². The van der Waals surface area contributed by atoms with Crippen LogP contribution in [0.15, 0.2) is 51.5 Å². The molecule has 3 rings (SSSR count). The number of non-ortho nitro benzene ring substituents is 1. The number of hydrogen-bond donors (Lipinski definition) is 0. The molecule has 2 aromatic heterocycles. The van der Waals surface area contributed by atoms with Crippen molar-refractivity contribution in [2.45, 2.75) is 13.3 Å². The Morgan fingerprint density at radius 1 is 1.28 bits per heavy atom. The average Bonchev–Trinajstić information content (AvgIpc) is 3.24. The molecule has 2 heterocycles. The molecule has 0 radical (unpaired) electrons. The number of carbonyl (C=O) groups is 1. The van der Waals surface area contributed by atoms with Gasteiger partial charge >= 0.3 is 0 Å². The summed E-state index contributed by atoms with van der Waals surface area (Å²) in [7, 11) is 1.60. The molecule has 1 aromatic carbocycles. The molecule has 1 amide bonds. The third-order valence-corrected chi connectivity index (χ3v) is 3.77. The number of furan rings is 1. The minimum absolute atomic E-state index is 0.0277. The van der Waals surface area contributed by atoms with Crippen molar-refractivity contribution < 1.29 is 18.6 Å². The number of hydrogen-bond acceptors (Lipinski definition) is 6. The van der Waals surface area contributed by atoms with E-state index in [0.717, 1.165) is 0 Å². The molecular formula is C17H15N3O5. The second-order valence-electron chi connectivity index (χ2n) is 5.40. The van der Waals surface area contributed by atoms with E-state index >= 15 is 0 Å². The molecule has 3 aromatic rings. The number of benzene rings is 1. The quantitative estimate of drug-likeness (QED) is 0.521. The van der Waals surface area contributed by atoms with E-state index < -0.39 is 4.92 Å². The number of aromatic nitrogens is 1. The Bertz CT molecular complexity index is 897. The van der Waals surface area contributed by atoms with Crippen molar-refractivity contribution in [2.75, 3.05) is 11.9 Å². The van der Waals surface area contributed by atoms with Crippen LogP contribution >= 0.6 is 0 Å². The van der Waals surface area contributed by atoms with Gasteiger partial charge in [-0.15, -0.1) is 0 Å². The molecule has 0 fully saturated rings. The van der Waals surface area contributed by atoms with Crippen LogP contribution in [0.1, 0.15) is 11.5 Å². The summed E-state index contributed by atoms with van der Waals surface area (Å²) in [4.78, 5) is 28.4. The predicted octanol–water partition coefficient (Wildman–Crippen LogP) is 3.36. The molecule has 8 heteroatoms. The average molecular weight is 341 g/mol. The topological polar surface area (TPSA) is 103 Å². The highest BCUT2D eigenvalue weighted by molar-refractivity contribution is 5.94. The van der Waals surface area contributed by atoms with Gasteiger partial charge in [0, 0.05) is 24.9 Å². The van der Waals surface area contributed by atoms with Crippen molar-refractivity contribution in [2.24, 2.45) is 0 Å². The molecular weight excluding hydrogens is 326 g/mol. The lowest BCUT2D eigenvalue weighted by Gasteiger charge is -2.16. The summed E-state index contributed by atoms with van der Waals surface area (Å²) in [6.07, 6.45) is 1.56. The molecule has 0 atom stereocenters. The molecule has 0 bridgehead atoms. The highest BCUT2D eigenvalue weighted by Crippen LogP contribution is 2.23. The molecule has 0 saturated carbocycles. The van der Waals surface area contributed by atoms with Crippen LogP contribution in [0.4, 0.5) is 11.4 Å². The molecule has 25 heavy (non-hydrogen) atoms. The smallest absolute Gasteiger partial charge is 0.269 e. The molecule has 0 spiro atoms. The monoisotopic (exact) mass is 341 g/mol. The van der Waals surface area contributed by atoms with Crippen LogP contribution in [0.5, 0.6) is 0 Å². The van der Waals surface area contributed by atoms with Gasteiger partial charge in [-0.2, -0.15) is 0 Å². The normalized spacial score (nSPS) is 10.6. The van der Waals surface area contributed by atoms with Crippen molar-refractivity contribution in [3.63, 3.8) is 0 Å². The van der Waals surface area contributed by atoms with Crippen LogP contribution in [0.25, 0.3) is 11.7 Å². The fraction of sp³-hybridized carbons (Fsp3) is 0.176. The van der Waals surface area contributed by atoms with Crippen molar-refractivity contribution >= 4 is 17.3 Å². The molecule has 128 valence electrons. The Hall–Kier alpha value is -3.42. The highest BCUT2D eigenvalue weighted by Gasteiger charge is 2.19. The van der Waals surface area contributed by atoms with Gasteiger partial charge in [0.15, 0.2) is 5.76 Å². The number of nitrogens with zero attached hydrogens (tertiary/aromatic N) is 3. The first-order chi connectivity index (χ1) is 12.0. The molecule has 0 aliphatic carbocycles. The zero-order valence-corrected chi connectivity index (χ0v) is 13.6. The molecule has 0 N–H and O–H groups in total. The SMILES string of the molecule is Cc1oc(-c2ccco2)nc1CC(=O)N(C)c1ccc([N+](=O)[O-])cc1. The second-order valence-corrected chi connectivity index (χ2v) is 5.40. The fourth-order valence-electron chi connectivity index (χ4n) is 2.30. The lowest BCUT2D eigenvalue weighted by atomic mass is 10.2. The van der Waals surface area contributed by atoms with E-state index in [1.165, 1.54) is 35.4 Å². The number of rotatable bonds is 5. The second kappa shape index (κ2) is 6.60. The number of aryl methyl sites for hydroxylation is 1. The summed E-state index contributed by atoms with van der Waals surface area (Å²) < 4.78 is 10.8. The van der Waals surface area contributed by atoms with Gasteiger partial charge in [0.05, 0.1) is 23.3 Å². The van der Waals surface area contributed by atoms with Gasteiger partial charge in [-0.25, -0.2) is 4.98 Å². The predicted molar refractivity (Wildman–Crippen MR) is 89.2 cm³/mol. The molecule has 8 nitrogen and oxygen atoms in total. The van der Waals surface area contributed by atoms with E-state index in [1.807, 2.05) is 0 Å². The van der Waals surface area contributed by atoms with Crippen molar-refractivity contribution in [3.05, 3.63) is 64.2 Å². The minimum atomic E-state index is -0.486. The van der Waals surface area contributed by atoms with Crippen LogP contribution in [0, 0.1) is 17.0 Å². The van der Waals surface area contributed by atoms with Crippen LogP contribution in [0.3, 0.4) is 0 Å². The molecule has 0 unspecified atom stereocenters. The first-order valence-corrected chi connectivity index (χ1v) is 7.47. The van der Waals surface area contributed by atoms with E-state index in [9.17, 15) is 14.9 Å². The Balaban J connectivity index is 1.74. The highest BCUT2D eigenvalue weighted by atomic mass is 16.6. The van der Waals surface area contributed by atoms with Crippen molar-refractivity contribution in [3.8, 4) is 11.7 Å². The zero-order valence-electron chi connectivity index (χ0n) is 13.6.